The Balaban J connectivity index is 1.17. The van der Waals surface area contributed by atoms with E-state index < -0.39 is 0 Å². The van der Waals surface area contributed by atoms with Gasteiger partial charge in [0.15, 0.2) is 0 Å². The van der Waals surface area contributed by atoms with Crippen LogP contribution in [0.3, 0.4) is 0 Å². The molecule has 0 amide bonds. The molecule has 2 aromatic rings. The fourth-order valence-corrected chi connectivity index (χ4v) is 10.7. The van der Waals surface area contributed by atoms with E-state index in [4.69, 9.17) is 4.74 Å². The molecule has 9 atom stereocenters. The molecule has 0 radical (unpaired) electrons. The number of benzene rings is 2. The van der Waals surface area contributed by atoms with E-state index in [1.165, 1.54) is 38.5 Å². The van der Waals surface area contributed by atoms with Crippen molar-refractivity contribution in [3.8, 4) is 5.75 Å². The molecule has 7 fully saturated rings. The zero-order valence-corrected chi connectivity index (χ0v) is 18.2. The first-order valence-electron chi connectivity index (χ1n) is 13.0. The van der Waals surface area contributed by atoms with Crippen molar-refractivity contribution in [1.82, 2.24) is 0 Å². The lowest BCUT2D eigenvalue weighted by Crippen LogP contribution is -2.59. The molecular weight excluding hydrogens is 380 g/mol. The van der Waals surface area contributed by atoms with Crippen LogP contribution in [0.4, 0.5) is 0 Å². The number of hydrogen-bond donors (Lipinski definition) is 0. The van der Waals surface area contributed by atoms with Crippen LogP contribution in [0.15, 0.2) is 42.5 Å². The Morgan fingerprint density at radius 2 is 1.29 bits per heavy atom. The summed E-state index contributed by atoms with van der Waals surface area (Å²) in [6.07, 6.45) is 9.90. The third-order valence-corrected chi connectivity index (χ3v) is 11.2. The predicted molar refractivity (Wildman–Crippen MR) is 120 cm³/mol. The van der Waals surface area contributed by atoms with E-state index in [9.17, 15) is 4.79 Å². The number of carbonyl (C=O) groups excluding carboxylic acids is 1. The Labute approximate surface area is 184 Å². The van der Waals surface area contributed by atoms with Crippen molar-refractivity contribution in [1.29, 1.82) is 0 Å². The Hall–Kier alpha value is -1.83. The summed E-state index contributed by atoms with van der Waals surface area (Å²) in [5.41, 5.74) is 0. The van der Waals surface area contributed by atoms with E-state index in [0.717, 1.165) is 76.2 Å². The molecule has 0 aromatic heterocycles. The van der Waals surface area contributed by atoms with Gasteiger partial charge in [-0.15, -0.1) is 0 Å². The highest BCUT2D eigenvalue weighted by molar-refractivity contribution is 5.90. The van der Waals surface area contributed by atoms with Crippen molar-refractivity contribution in [2.45, 2.75) is 44.9 Å². The van der Waals surface area contributed by atoms with E-state index in [-0.39, 0.29) is 11.9 Å². The predicted octanol–water partition coefficient (Wildman–Crippen LogP) is 6.34. The highest BCUT2D eigenvalue weighted by atomic mass is 16.5. The van der Waals surface area contributed by atoms with Gasteiger partial charge in [-0.25, -0.2) is 0 Å². The van der Waals surface area contributed by atoms with Gasteiger partial charge in [0, 0.05) is 5.39 Å². The average Bonchev–Trinajstić information content (AvgIpc) is 3.61. The van der Waals surface area contributed by atoms with Crippen LogP contribution >= 0.6 is 0 Å². The van der Waals surface area contributed by atoms with Crippen LogP contribution in [0.2, 0.25) is 0 Å². The van der Waals surface area contributed by atoms with Crippen LogP contribution in [0, 0.1) is 65.1 Å². The normalized spacial score (nSPS) is 48.2. The maximum atomic E-state index is 13.8. The molecule has 7 aliphatic carbocycles. The highest BCUT2D eigenvalue weighted by Crippen LogP contribution is 2.75. The summed E-state index contributed by atoms with van der Waals surface area (Å²) in [7, 11) is 0. The number of esters is 1. The molecule has 0 heterocycles. The second-order valence-electron chi connectivity index (χ2n) is 12.0. The maximum absolute atomic E-state index is 13.8. The molecule has 2 aromatic carbocycles. The molecular formula is C29H32O2. The molecule has 2 nitrogen and oxygen atoms in total. The summed E-state index contributed by atoms with van der Waals surface area (Å²) < 4.78 is 6.24. The van der Waals surface area contributed by atoms with Crippen molar-refractivity contribution < 1.29 is 9.53 Å². The molecule has 0 saturated heterocycles. The van der Waals surface area contributed by atoms with Gasteiger partial charge in [-0.1, -0.05) is 36.4 Å². The molecule has 9 unspecified atom stereocenters. The first-order valence-corrected chi connectivity index (χ1v) is 13.0. The SMILES string of the molecule is O=C(Oc1cccc2ccccc12)C1CC2C3C4CCC(C4)C3C1C1C3CCC(C3)C21. The minimum atomic E-state index is 0.0915. The van der Waals surface area contributed by atoms with Crippen LogP contribution in [0.25, 0.3) is 10.8 Å². The zero-order chi connectivity index (χ0) is 20.3. The fraction of sp³-hybridized carbons (Fsp3) is 0.621. The summed E-state index contributed by atoms with van der Waals surface area (Å²) in [6, 6.07) is 14.4. The van der Waals surface area contributed by atoms with Crippen LogP contribution < -0.4 is 4.74 Å². The van der Waals surface area contributed by atoms with Gasteiger partial charge in [-0.05, 0) is 116 Å². The number of carbonyl (C=O) groups is 1. The molecule has 7 aliphatic rings. The van der Waals surface area contributed by atoms with E-state index in [1.54, 1.807) is 0 Å². The van der Waals surface area contributed by atoms with Crippen molar-refractivity contribution in [3.05, 3.63) is 42.5 Å². The highest BCUT2D eigenvalue weighted by Gasteiger charge is 2.70. The third-order valence-electron chi connectivity index (χ3n) is 11.2. The number of hydrogen-bond acceptors (Lipinski definition) is 2. The van der Waals surface area contributed by atoms with E-state index in [2.05, 4.69) is 24.3 Å². The van der Waals surface area contributed by atoms with Gasteiger partial charge in [-0.2, -0.15) is 0 Å². The first kappa shape index (κ1) is 17.7. The smallest absolute Gasteiger partial charge is 0.314 e. The maximum Gasteiger partial charge on any atom is 0.314 e. The molecule has 9 rings (SSSR count). The number of fused-ring (bicyclic) bond motifs is 6. The van der Waals surface area contributed by atoms with Gasteiger partial charge in [0.05, 0.1) is 5.92 Å². The molecule has 2 heteroatoms. The lowest BCUT2D eigenvalue weighted by atomic mass is 9.42. The van der Waals surface area contributed by atoms with Gasteiger partial charge in [0.25, 0.3) is 0 Å². The Morgan fingerprint density at radius 1 is 0.677 bits per heavy atom. The summed E-state index contributed by atoms with van der Waals surface area (Å²) in [6.45, 7) is 0. The Kier molecular flexibility index (Phi) is 3.51. The molecule has 160 valence electrons. The van der Waals surface area contributed by atoms with Crippen molar-refractivity contribution >= 4 is 16.7 Å². The van der Waals surface area contributed by atoms with Gasteiger partial charge in [0.2, 0.25) is 0 Å². The summed E-state index contributed by atoms with van der Waals surface area (Å²) in [4.78, 5) is 13.8. The molecule has 7 saturated carbocycles. The topological polar surface area (TPSA) is 26.3 Å². The van der Waals surface area contributed by atoms with Gasteiger partial charge in [0.1, 0.15) is 5.75 Å². The number of rotatable bonds is 2. The summed E-state index contributed by atoms with van der Waals surface area (Å²) in [5.74, 6) is 9.80. The lowest BCUT2D eigenvalue weighted by molar-refractivity contribution is -0.174. The van der Waals surface area contributed by atoms with Crippen LogP contribution in [-0.2, 0) is 4.79 Å². The molecule has 6 bridgehead atoms. The molecule has 0 N–H and O–H groups in total. The third kappa shape index (κ3) is 2.22. The quantitative estimate of drug-likeness (QED) is 0.425. The van der Waals surface area contributed by atoms with Crippen molar-refractivity contribution in [2.75, 3.05) is 0 Å². The van der Waals surface area contributed by atoms with Crippen molar-refractivity contribution in [3.63, 3.8) is 0 Å². The Morgan fingerprint density at radius 3 is 2.00 bits per heavy atom. The lowest BCUT2D eigenvalue weighted by Gasteiger charge is -2.62. The summed E-state index contributed by atoms with van der Waals surface area (Å²) >= 11 is 0. The second-order valence-corrected chi connectivity index (χ2v) is 12.0. The molecule has 0 aliphatic heterocycles. The largest absolute Gasteiger partial charge is 0.426 e. The van der Waals surface area contributed by atoms with Gasteiger partial charge >= 0.3 is 5.97 Å². The molecule has 0 spiro atoms. The van der Waals surface area contributed by atoms with Gasteiger partial charge in [-0.3, -0.25) is 4.79 Å². The van der Waals surface area contributed by atoms with E-state index in [1.807, 2.05) is 18.2 Å². The van der Waals surface area contributed by atoms with Crippen LogP contribution in [0.1, 0.15) is 44.9 Å². The van der Waals surface area contributed by atoms with E-state index in [0.29, 0.717) is 5.92 Å². The number of ether oxygens (including phenoxy) is 1. The van der Waals surface area contributed by atoms with Crippen molar-refractivity contribution in [2.24, 2.45) is 65.1 Å². The van der Waals surface area contributed by atoms with Crippen LogP contribution in [0.5, 0.6) is 5.75 Å². The average molecular weight is 413 g/mol. The monoisotopic (exact) mass is 412 g/mol. The minimum absolute atomic E-state index is 0.0915. The Bertz CT molecular complexity index is 1030. The second kappa shape index (κ2) is 6.15. The summed E-state index contributed by atoms with van der Waals surface area (Å²) in [5, 5.41) is 2.22. The van der Waals surface area contributed by atoms with E-state index >= 15 is 0 Å². The first-order chi connectivity index (χ1) is 15.3. The van der Waals surface area contributed by atoms with Crippen LogP contribution in [-0.4, -0.2) is 5.97 Å². The fourth-order valence-electron chi connectivity index (χ4n) is 10.7. The zero-order valence-electron chi connectivity index (χ0n) is 18.2. The minimum Gasteiger partial charge on any atom is -0.426 e. The van der Waals surface area contributed by atoms with Gasteiger partial charge < -0.3 is 4.74 Å². The molecule has 31 heavy (non-hydrogen) atoms. The standard InChI is InChI=1S/C29H32O2/c30-29(31-23-7-3-5-15-4-1-2-6-20(15)23)22-14-21-24-16-8-10-18(12-16)26(24)28(22)27-19-11-9-17(13-19)25(21)27/h1-7,16-19,21-22,24-28H,8-14H2.